The van der Waals surface area contributed by atoms with Gasteiger partial charge in [0.1, 0.15) is 11.6 Å². The van der Waals surface area contributed by atoms with Crippen LogP contribution in [0.5, 0.6) is 5.75 Å². The lowest BCUT2D eigenvalue weighted by atomic mass is 10.1. The number of H-pyrrole nitrogens is 1. The second-order valence-electron chi connectivity index (χ2n) is 5.37. The van der Waals surface area contributed by atoms with Crippen molar-refractivity contribution < 1.29 is 9.13 Å². The Kier molecular flexibility index (Phi) is 4.15. The molecule has 1 heterocycles. The van der Waals surface area contributed by atoms with E-state index >= 15 is 0 Å². The molecule has 3 rings (SSSR count). The van der Waals surface area contributed by atoms with Crippen LogP contribution >= 0.6 is 11.6 Å². The van der Waals surface area contributed by atoms with E-state index in [4.69, 9.17) is 16.3 Å². The van der Waals surface area contributed by atoms with E-state index in [0.717, 1.165) is 16.2 Å². The number of fused-ring (bicyclic) bond motifs is 1. The second-order valence-corrected chi connectivity index (χ2v) is 5.77. The van der Waals surface area contributed by atoms with Gasteiger partial charge in [-0.25, -0.2) is 9.18 Å². The summed E-state index contributed by atoms with van der Waals surface area (Å²) in [5, 5.41) is -0.0876. The molecule has 0 bridgehead atoms. The summed E-state index contributed by atoms with van der Waals surface area (Å²) in [6, 6.07) is 8.75. The maximum absolute atomic E-state index is 13.7. The zero-order valence-corrected chi connectivity index (χ0v) is 13.7. The van der Waals surface area contributed by atoms with E-state index in [9.17, 15) is 14.0 Å². The Labute approximate surface area is 141 Å². The molecule has 0 aliphatic carbocycles. The van der Waals surface area contributed by atoms with Crippen molar-refractivity contribution in [3.63, 3.8) is 0 Å². The van der Waals surface area contributed by atoms with E-state index in [-0.39, 0.29) is 15.9 Å². The number of nitrogens with zero attached hydrogens (tertiary/aromatic N) is 1. The van der Waals surface area contributed by atoms with Crippen molar-refractivity contribution >= 4 is 22.5 Å². The molecule has 24 heavy (non-hydrogen) atoms. The van der Waals surface area contributed by atoms with Crippen molar-refractivity contribution in [2.75, 3.05) is 7.11 Å². The first kappa shape index (κ1) is 16.3. The summed E-state index contributed by atoms with van der Waals surface area (Å²) in [4.78, 5) is 27.6. The van der Waals surface area contributed by atoms with Crippen LogP contribution in [0.4, 0.5) is 4.39 Å². The number of benzene rings is 2. The van der Waals surface area contributed by atoms with Gasteiger partial charge in [0.05, 0.1) is 29.1 Å². The maximum atomic E-state index is 13.7. The lowest BCUT2D eigenvalue weighted by Crippen LogP contribution is -2.37. The maximum Gasteiger partial charge on any atom is 0.329 e. The number of hydrogen-bond acceptors (Lipinski definition) is 3. The van der Waals surface area contributed by atoms with Crippen LogP contribution in [0.3, 0.4) is 0 Å². The minimum atomic E-state index is -0.711. The van der Waals surface area contributed by atoms with Crippen LogP contribution in [0.15, 0.2) is 46.0 Å². The SMILES string of the molecule is COc1ccc(C(C)n2c(=O)[nH]c3cc(Cl)c(F)cc3c2=O)cc1. The highest BCUT2D eigenvalue weighted by Gasteiger charge is 2.16. The first-order chi connectivity index (χ1) is 11.4. The van der Waals surface area contributed by atoms with Crippen LogP contribution in [0, 0.1) is 5.82 Å². The summed E-state index contributed by atoms with van der Waals surface area (Å²) in [5.74, 6) is -0.0422. The zero-order valence-electron chi connectivity index (χ0n) is 13.0. The minimum Gasteiger partial charge on any atom is -0.497 e. The topological polar surface area (TPSA) is 64.1 Å². The fourth-order valence-electron chi connectivity index (χ4n) is 2.61. The molecule has 2 aromatic carbocycles. The third-order valence-corrected chi connectivity index (χ3v) is 4.25. The number of aromatic nitrogens is 2. The van der Waals surface area contributed by atoms with Gasteiger partial charge >= 0.3 is 5.69 Å². The van der Waals surface area contributed by atoms with Gasteiger partial charge < -0.3 is 9.72 Å². The number of nitrogens with one attached hydrogen (secondary N) is 1. The zero-order chi connectivity index (χ0) is 17.4. The highest BCUT2D eigenvalue weighted by molar-refractivity contribution is 6.31. The van der Waals surface area contributed by atoms with Crippen molar-refractivity contribution in [3.8, 4) is 5.75 Å². The molecule has 3 aromatic rings. The smallest absolute Gasteiger partial charge is 0.329 e. The number of halogens is 2. The molecule has 0 radical (unpaired) electrons. The minimum absolute atomic E-state index is 0.0665. The molecule has 0 aliphatic rings. The van der Waals surface area contributed by atoms with E-state index < -0.39 is 23.1 Å². The first-order valence-electron chi connectivity index (χ1n) is 7.20. The Morgan fingerprint density at radius 3 is 2.50 bits per heavy atom. The number of methoxy groups -OCH3 is 1. The highest BCUT2D eigenvalue weighted by Crippen LogP contribution is 2.21. The average Bonchev–Trinajstić information content (AvgIpc) is 2.57. The molecular formula is C17H14ClFN2O3. The molecule has 1 atom stereocenters. The van der Waals surface area contributed by atoms with Gasteiger partial charge in [-0.3, -0.25) is 9.36 Å². The van der Waals surface area contributed by atoms with Gasteiger partial charge in [0.15, 0.2) is 0 Å². The number of ether oxygens (including phenoxy) is 1. The summed E-state index contributed by atoms with van der Waals surface area (Å²) in [6.45, 7) is 1.72. The van der Waals surface area contributed by atoms with Crippen LogP contribution in [-0.2, 0) is 0 Å². The fourth-order valence-corrected chi connectivity index (χ4v) is 2.77. The van der Waals surface area contributed by atoms with Gasteiger partial charge in [-0.15, -0.1) is 0 Å². The molecule has 1 unspecified atom stereocenters. The molecule has 7 heteroatoms. The van der Waals surface area contributed by atoms with Crippen LogP contribution < -0.4 is 16.0 Å². The Morgan fingerprint density at radius 2 is 1.88 bits per heavy atom. The molecule has 0 amide bonds. The summed E-state index contributed by atoms with van der Waals surface area (Å²) in [6.07, 6.45) is 0. The molecule has 0 saturated heterocycles. The summed E-state index contributed by atoms with van der Waals surface area (Å²) in [5.41, 5.74) is -0.210. The third kappa shape index (κ3) is 2.69. The van der Waals surface area contributed by atoms with Gasteiger partial charge in [0.2, 0.25) is 0 Å². The van der Waals surface area contributed by atoms with Gasteiger partial charge in [-0.05, 0) is 36.8 Å². The lowest BCUT2D eigenvalue weighted by Gasteiger charge is -2.15. The van der Waals surface area contributed by atoms with Crippen LogP contribution in [0.25, 0.3) is 10.9 Å². The second kappa shape index (κ2) is 6.13. The molecule has 5 nitrogen and oxygen atoms in total. The lowest BCUT2D eigenvalue weighted by molar-refractivity contribution is 0.414. The van der Waals surface area contributed by atoms with Gasteiger partial charge in [-0.2, -0.15) is 0 Å². The monoisotopic (exact) mass is 348 g/mol. The molecule has 0 spiro atoms. The fraction of sp³-hybridized carbons (Fsp3) is 0.176. The van der Waals surface area contributed by atoms with Crippen LogP contribution in [0.1, 0.15) is 18.5 Å². The Hall–Kier alpha value is -2.60. The van der Waals surface area contributed by atoms with Crippen molar-refractivity contribution in [1.29, 1.82) is 0 Å². The third-order valence-electron chi connectivity index (χ3n) is 3.96. The molecule has 0 aliphatic heterocycles. The first-order valence-corrected chi connectivity index (χ1v) is 7.57. The summed E-state index contributed by atoms with van der Waals surface area (Å²) < 4.78 is 19.8. The van der Waals surface area contributed by atoms with E-state index in [0.29, 0.717) is 5.75 Å². The Morgan fingerprint density at radius 1 is 1.21 bits per heavy atom. The van der Waals surface area contributed by atoms with Crippen molar-refractivity contribution in [2.45, 2.75) is 13.0 Å². The van der Waals surface area contributed by atoms with E-state index in [1.165, 1.54) is 6.07 Å². The largest absolute Gasteiger partial charge is 0.497 e. The number of rotatable bonds is 3. The van der Waals surface area contributed by atoms with Crippen LogP contribution in [-0.4, -0.2) is 16.7 Å². The average molecular weight is 349 g/mol. The van der Waals surface area contributed by atoms with Crippen molar-refractivity contribution in [3.05, 3.63) is 73.6 Å². The standard InChI is InChI=1S/C17H14ClFN2O3/c1-9(10-3-5-11(24-2)6-4-10)21-16(22)12-7-14(19)13(18)8-15(12)20-17(21)23/h3-9H,1-2H3,(H,20,23). The van der Waals surface area contributed by atoms with E-state index in [2.05, 4.69) is 4.98 Å². The summed E-state index contributed by atoms with van der Waals surface area (Å²) in [7, 11) is 1.55. The van der Waals surface area contributed by atoms with Crippen molar-refractivity contribution in [1.82, 2.24) is 9.55 Å². The molecular weight excluding hydrogens is 335 g/mol. The predicted octanol–water partition coefficient (Wildman–Crippen LogP) is 3.10. The van der Waals surface area contributed by atoms with Crippen molar-refractivity contribution in [2.24, 2.45) is 0 Å². The molecule has 1 N–H and O–H groups in total. The summed E-state index contributed by atoms with van der Waals surface area (Å²) >= 11 is 5.70. The van der Waals surface area contributed by atoms with Gasteiger partial charge in [0.25, 0.3) is 5.56 Å². The van der Waals surface area contributed by atoms with Crippen LogP contribution in [0.2, 0.25) is 5.02 Å². The predicted molar refractivity (Wildman–Crippen MR) is 90.6 cm³/mol. The van der Waals surface area contributed by atoms with Gasteiger partial charge in [0, 0.05) is 0 Å². The number of hydrogen-bond donors (Lipinski definition) is 1. The number of aromatic amines is 1. The highest BCUT2D eigenvalue weighted by atomic mass is 35.5. The molecule has 1 aromatic heterocycles. The van der Waals surface area contributed by atoms with E-state index in [1.807, 2.05) is 0 Å². The molecule has 0 saturated carbocycles. The molecule has 0 fully saturated rings. The Balaban J connectivity index is 2.19. The molecule has 124 valence electrons. The Bertz CT molecular complexity index is 1020. The normalized spacial score (nSPS) is 12.3. The quantitative estimate of drug-likeness (QED) is 0.791. The van der Waals surface area contributed by atoms with Gasteiger partial charge in [-0.1, -0.05) is 23.7 Å². The van der Waals surface area contributed by atoms with E-state index in [1.54, 1.807) is 38.3 Å².